The predicted molar refractivity (Wildman–Crippen MR) is 135 cm³/mol. The first-order valence-electron chi connectivity index (χ1n) is 12.0. The molecule has 1 aliphatic carbocycles. The highest BCUT2D eigenvalue weighted by Gasteiger charge is 2.53. The summed E-state index contributed by atoms with van der Waals surface area (Å²) in [6.45, 7) is 0.931. The van der Waals surface area contributed by atoms with Crippen LogP contribution in [0.1, 0.15) is 33.2 Å². The van der Waals surface area contributed by atoms with Crippen molar-refractivity contribution in [2.24, 2.45) is 11.3 Å². The fraction of sp³-hybridized carbons (Fsp3) is 0.308. The van der Waals surface area contributed by atoms with Crippen molar-refractivity contribution in [2.45, 2.75) is 30.5 Å². The highest BCUT2D eigenvalue weighted by molar-refractivity contribution is 7.97. The number of hydrogen-bond acceptors (Lipinski definition) is 7. The molecule has 4 heterocycles. The minimum absolute atomic E-state index is 0.0198. The number of piperidine rings is 1. The molecule has 1 saturated heterocycles. The van der Waals surface area contributed by atoms with Crippen molar-refractivity contribution in [3.05, 3.63) is 88.0 Å². The Kier molecular flexibility index (Phi) is 6.36. The fourth-order valence-corrected chi connectivity index (χ4v) is 7.18. The summed E-state index contributed by atoms with van der Waals surface area (Å²) < 4.78 is 56.9. The first-order chi connectivity index (χ1) is 18.2. The monoisotopic (exact) mass is 559 g/mol. The van der Waals surface area contributed by atoms with E-state index in [0.717, 1.165) is 35.0 Å². The van der Waals surface area contributed by atoms with Gasteiger partial charge in [-0.05, 0) is 79.1 Å². The van der Waals surface area contributed by atoms with E-state index in [0.29, 0.717) is 37.4 Å². The third kappa shape index (κ3) is 4.54. The minimum atomic E-state index is -4.53. The van der Waals surface area contributed by atoms with Gasteiger partial charge in [0.1, 0.15) is 16.5 Å². The number of benzene rings is 1. The van der Waals surface area contributed by atoms with E-state index < -0.39 is 17.3 Å². The number of hydrogen-bond donors (Lipinski definition) is 0. The van der Waals surface area contributed by atoms with Gasteiger partial charge >= 0.3 is 6.18 Å². The molecule has 0 saturated carbocycles. The number of pyridine rings is 1. The number of ketones is 1. The lowest BCUT2D eigenvalue weighted by Gasteiger charge is -2.48. The van der Waals surface area contributed by atoms with E-state index in [9.17, 15) is 22.4 Å². The van der Waals surface area contributed by atoms with Crippen molar-refractivity contribution in [3.8, 4) is 5.69 Å². The number of carbonyl (C=O) groups is 1. The van der Waals surface area contributed by atoms with Gasteiger partial charge in [-0.1, -0.05) is 6.07 Å². The predicted octanol–water partition coefficient (Wildman–Crippen LogP) is 5.88. The van der Waals surface area contributed by atoms with Crippen LogP contribution in [0, 0.1) is 17.2 Å². The number of aromatic nitrogens is 4. The van der Waals surface area contributed by atoms with Crippen molar-refractivity contribution in [1.29, 1.82) is 0 Å². The summed E-state index contributed by atoms with van der Waals surface area (Å²) in [7, 11) is 0. The number of Topliss-reactive ketones (excluding diaryl/α,β-unsaturated/α-hetero) is 1. The average Bonchev–Trinajstić information content (AvgIpc) is 3.57. The molecule has 3 aromatic heterocycles. The third-order valence-electron chi connectivity index (χ3n) is 7.25. The molecule has 0 bridgehead atoms. The van der Waals surface area contributed by atoms with Gasteiger partial charge in [0, 0.05) is 30.4 Å². The van der Waals surface area contributed by atoms with Gasteiger partial charge in [0.15, 0.2) is 10.8 Å². The van der Waals surface area contributed by atoms with E-state index in [4.69, 9.17) is 0 Å². The molecule has 1 aliphatic heterocycles. The number of carbonyl (C=O) groups excluding carboxylic acids is 1. The molecule has 0 amide bonds. The van der Waals surface area contributed by atoms with E-state index in [1.165, 1.54) is 29.5 Å². The zero-order valence-corrected chi connectivity index (χ0v) is 21.5. The summed E-state index contributed by atoms with van der Waals surface area (Å²) in [5, 5.41) is 6.98. The SMILES string of the molecule is O=C(c1nccs1)C12Cc3cnn(-c4ccc(F)cc4)c3CC1CCN(Sc1cccc(C(F)(F)F)n1)C2. The van der Waals surface area contributed by atoms with Gasteiger partial charge in [0.2, 0.25) is 0 Å². The lowest BCUT2D eigenvalue weighted by molar-refractivity contribution is -0.141. The molecule has 6 nitrogen and oxygen atoms in total. The highest BCUT2D eigenvalue weighted by Crippen LogP contribution is 2.49. The molecule has 0 N–H and O–H groups in total. The number of nitrogens with zero attached hydrogens (tertiary/aromatic N) is 5. The highest BCUT2D eigenvalue weighted by atomic mass is 32.2. The maximum absolute atomic E-state index is 14.0. The Balaban J connectivity index is 1.34. The summed E-state index contributed by atoms with van der Waals surface area (Å²) in [4.78, 5) is 22.1. The van der Waals surface area contributed by atoms with Crippen molar-refractivity contribution in [2.75, 3.05) is 13.1 Å². The summed E-state index contributed by atoms with van der Waals surface area (Å²) in [5.74, 6) is -0.406. The van der Waals surface area contributed by atoms with Crippen LogP contribution in [0.25, 0.3) is 5.69 Å². The molecule has 12 heteroatoms. The second-order valence-electron chi connectivity index (χ2n) is 9.51. The van der Waals surface area contributed by atoms with Gasteiger partial charge in [0.05, 0.1) is 17.3 Å². The number of alkyl halides is 3. The van der Waals surface area contributed by atoms with E-state index in [2.05, 4.69) is 15.1 Å². The lowest BCUT2D eigenvalue weighted by Crippen LogP contribution is -2.55. The van der Waals surface area contributed by atoms with Gasteiger partial charge in [-0.25, -0.2) is 23.3 Å². The topological polar surface area (TPSA) is 63.9 Å². The Bertz CT molecular complexity index is 1470. The molecule has 2 aliphatic rings. The van der Waals surface area contributed by atoms with Crippen LogP contribution in [0.3, 0.4) is 0 Å². The molecule has 196 valence electrons. The summed E-state index contributed by atoms with van der Waals surface area (Å²) >= 11 is 2.44. The Morgan fingerprint density at radius 1 is 1.16 bits per heavy atom. The Morgan fingerprint density at radius 2 is 1.97 bits per heavy atom. The van der Waals surface area contributed by atoms with Gasteiger partial charge < -0.3 is 0 Å². The van der Waals surface area contributed by atoms with Crippen LogP contribution in [0.2, 0.25) is 0 Å². The summed E-state index contributed by atoms with van der Waals surface area (Å²) in [6.07, 6.45) is 0.523. The molecule has 0 spiro atoms. The van der Waals surface area contributed by atoms with Crippen LogP contribution < -0.4 is 0 Å². The zero-order chi connectivity index (χ0) is 26.5. The quantitative estimate of drug-likeness (QED) is 0.173. The maximum Gasteiger partial charge on any atom is 0.433 e. The van der Waals surface area contributed by atoms with Gasteiger partial charge in [-0.2, -0.15) is 18.3 Å². The van der Waals surface area contributed by atoms with Gasteiger partial charge in [-0.3, -0.25) is 4.79 Å². The molecule has 1 aromatic carbocycles. The van der Waals surface area contributed by atoms with Crippen LogP contribution in [-0.4, -0.2) is 42.9 Å². The van der Waals surface area contributed by atoms with Gasteiger partial charge in [-0.15, -0.1) is 11.3 Å². The number of fused-ring (bicyclic) bond motifs is 2. The summed E-state index contributed by atoms with van der Waals surface area (Å²) in [5.41, 5.74) is 0.912. The molecule has 38 heavy (non-hydrogen) atoms. The summed E-state index contributed by atoms with van der Waals surface area (Å²) in [6, 6.07) is 9.97. The largest absolute Gasteiger partial charge is 0.433 e. The van der Waals surface area contributed by atoms with Crippen molar-refractivity contribution < 1.29 is 22.4 Å². The molecule has 0 radical (unpaired) electrons. The molecule has 1 fully saturated rings. The third-order valence-corrected chi connectivity index (χ3v) is 9.01. The van der Waals surface area contributed by atoms with Crippen molar-refractivity contribution >= 4 is 29.1 Å². The first-order valence-corrected chi connectivity index (χ1v) is 13.6. The lowest BCUT2D eigenvalue weighted by atomic mass is 9.61. The van der Waals surface area contributed by atoms with Gasteiger partial charge in [0.25, 0.3) is 0 Å². The second-order valence-corrected chi connectivity index (χ2v) is 11.5. The average molecular weight is 560 g/mol. The van der Waals surface area contributed by atoms with E-state index >= 15 is 0 Å². The maximum atomic E-state index is 14.0. The molecule has 6 rings (SSSR count). The van der Waals surface area contributed by atoms with Crippen LogP contribution in [0.4, 0.5) is 17.6 Å². The number of thiazole rings is 1. The van der Waals surface area contributed by atoms with Crippen molar-refractivity contribution in [3.63, 3.8) is 0 Å². The molecule has 2 unspecified atom stereocenters. The molecule has 4 aromatic rings. The Morgan fingerprint density at radius 3 is 2.71 bits per heavy atom. The Hall–Kier alpha value is -3.09. The molecular weight excluding hydrogens is 538 g/mol. The first kappa shape index (κ1) is 25.2. The fourth-order valence-electron chi connectivity index (χ4n) is 5.47. The zero-order valence-electron chi connectivity index (χ0n) is 19.9. The normalized spacial score (nSPS) is 21.6. The van der Waals surface area contributed by atoms with E-state index in [1.54, 1.807) is 40.7 Å². The smallest absolute Gasteiger partial charge is 0.291 e. The number of halogens is 4. The van der Waals surface area contributed by atoms with Crippen LogP contribution in [-0.2, 0) is 19.0 Å². The van der Waals surface area contributed by atoms with Crippen LogP contribution in [0.5, 0.6) is 0 Å². The van der Waals surface area contributed by atoms with E-state index in [-0.39, 0.29) is 22.5 Å². The molecular formula is C26H21F4N5OS2. The van der Waals surface area contributed by atoms with Crippen LogP contribution in [0.15, 0.2) is 65.3 Å². The second kappa shape index (κ2) is 9.58. The molecule has 2 atom stereocenters. The van der Waals surface area contributed by atoms with E-state index in [1.807, 2.05) is 4.31 Å². The van der Waals surface area contributed by atoms with Crippen LogP contribution >= 0.6 is 23.3 Å². The minimum Gasteiger partial charge on any atom is -0.291 e. The Labute approximate surface area is 223 Å². The van der Waals surface area contributed by atoms with Crippen molar-refractivity contribution in [1.82, 2.24) is 24.1 Å². The standard InChI is InChI=1S/C26H21F4N5OS2/c27-18-4-6-19(7-5-18)35-20-12-17-8-10-34(38-22-3-1-2-21(33-22)26(28,29)30)15-25(17,13-16(20)14-32-35)23(36)24-31-9-11-37-24/h1-7,9,11,14,17H,8,10,12-13,15H2. The number of rotatable bonds is 5.